The van der Waals surface area contributed by atoms with Crippen molar-refractivity contribution in [2.45, 2.75) is 32.6 Å². The van der Waals surface area contributed by atoms with E-state index in [9.17, 15) is 0 Å². The molecule has 0 aromatic heterocycles. The number of hydrogen-bond donors (Lipinski definition) is 1. The van der Waals surface area contributed by atoms with Gasteiger partial charge in [-0.1, -0.05) is 19.8 Å². The molecule has 1 N–H and O–H groups in total. The van der Waals surface area contributed by atoms with Crippen LogP contribution in [0, 0.1) is 11.8 Å². The van der Waals surface area contributed by atoms with Gasteiger partial charge >= 0.3 is 0 Å². The molecule has 2 heteroatoms. The van der Waals surface area contributed by atoms with Crippen LogP contribution in [0.2, 0.25) is 0 Å². The third-order valence-corrected chi connectivity index (χ3v) is 3.02. The van der Waals surface area contributed by atoms with Crippen LogP contribution in [0.5, 0.6) is 0 Å². The molecule has 2 aliphatic rings. The third kappa shape index (κ3) is 1.62. The van der Waals surface area contributed by atoms with Gasteiger partial charge in [0.2, 0.25) is 0 Å². The Morgan fingerprint density at radius 3 is 3.00 bits per heavy atom. The first-order valence-electron chi connectivity index (χ1n) is 5.14. The molecule has 0 aromatic rings. The first-order valence-corrected chi connectivity index (χ1v) is 5.14. The van der Waals surface area contributed by atoms with E-state index in [1.54, 1.807) is 0 Å². The molecule has 1 saturated carbocycles. The Morgan fingerprint density at radius 1 is 1.42 bits per heavy atom. The molecule has 12 heavy (non-hydrogen) atoms. The monoisotopic (exact) mass is 166 g/mol. The molecular formula is C10H18N2. The van der Waals surface area contributed by atoms with Crippen molar-refractivity contribution in [2.75, 3.05) is 13.1 Å². The normalized spacial score (nSPS) is 35.9. The summed E-state index contributed by atoms with van der Waals surface area (Å²) in [5.41, 5.74) is 0. The topological polar surface area (TPSA) is 24.4 Å². The number of nitrogens with zero attached hydrogens (tertiary/aromatic N) is 1. The second-order valence-electron chi connectivity index (χ2n) is 4.16. The molecule has 1 heterocycles. The van der Waals surface area contributed by atoms with Crippen molar-refractivity contribution in [3.63, 3.8) is 0 Å². The Bertz CT molecular complexity index is 186. The van der Waals surface area contributed by atoms with Crippen LogP contribution >= 0.6 is 0 Å². The Balaban J connectivity index is 1.94. The summed E-state index contributed by atoms with van der Waals surface area (Å²) in [4.78, 5) is 4.50. The number of rotatable bonds is 1. The lowest BCUT2D eigenvalue weighted by atomic mass is 9.82. The summed E-state index contributed by atoms with van der Waals surface area (Å²) in [5.74, 6) is 2.98. The molecule has 2 atom stereocenters. The highest BCUT2D eigenvalue weighted by atomic mass is 15.1. The molecule has 68 valence electrons. The fraction of sp³-hybridized carbons (Fsp3) is 0.900. The van der Waals surface area contributed by atoms with Crippen molar-refractivity contribution < 1.29 is 0 Å². The molecule has 1 aliphatic carbocycles. The van der Waals surface area contributed by atoms with Crippen molar-refractivity contribution in [3.05, 3.63) is 0 Å². The molecule has 0 saturated heterocycles. The second-order valence-corrected chi connectivity index (χ2v) is 4.16. The third-order valence-electron chi connectivity index (χ3n) is 3.02. The number of hydrogen-bond acceptors (Lipinski definition) is 2. The van der Waals surface area contributed by atoms with Gasteiger partial charge in [-0.3, -0.25) is 4.99 Å². The van der Waals surface area contributed by atoms with Crippen molar-refractivity contribution in [1.29, 1.82) is 0 Å². The van der Waals surface area contributed by atoms with Crippen LogP contribution in [0.15, 0.2) is 4.99 Å². The number of amidine groups is 1. The van der Waals surface area contributed by atoms with Crippen LogP contribution in [0.4, 0.5) is 0 Å². The van der Waals surface area contributed by atoms with Crippen LogP contribution in [0.25, 0.3) is 0 Å². The molecule has 1 aliphatic heterocycles. The first-order chi connectivity index (χ1) is 5.86. The molecule has 2 unspecified atom stereocenters. The lowest BCUT2D eigenvalue weighted by Crippen LogP contribution is -2.30. The van der Waals surface area contributed by atoms with Crippen molar-refractivity contribution in [2.24, 2.45) is 16.8 Å². The minimum atomic E-state index is 0.760. The predicted octanol–water partition coefficient (Wildman–Crippen LogP) is 1.81. The van der Waals surface area contributed by atoms with Gasteiger partial charge in [-0.15, -0.1) is 0 Å². The molecule has 2 nitrogen and oxygen atoms in total. The SMILES string of the molecule is CC1CCCC(C2=NCCN2)C1. The van der Waals surface area contributed by atoms with E-state index in [4.69, 9.17) is 0 Å². The van der Waals surface area contributed by atoms with Crippen LogP contribution in [-0.2, 0) is 0 Å². The summed E-state index contributed by atoms with van der Waals surface area (Å²) in [7, 11) is 0. The summed E-state index contributed by atoms with van der Waals surface area (Å²) >= 11 is 0. The fourth-order valence-electron chi connectivity index (χ4n) is 2.37. The van der Waals surface area contributed by atoms with E-state index in [-0.39, 0.29) is 0 Å². The highest BCUT2D eigenvalue weighted by Gasteiger charge is 2.24. The predicted molar refractivity (Wildman–Crippen MR) is 51.4 cm³/mol. The van der Waals surface area contributed by atoms with Crippen LogP contribution in [0.1, 0.15) is 32.6 Å². The molecule has 0 radical (unpaired) electrons. The molecule has 1 fully saturated rings. The largest absolute Gasteiger partial charge is 0.372 e. The van der Waals surface area contributed by atoms with Gasteiger partial charge in [0, 0.05) is 12.5 Å². The summed E-state index contributed by atoms with van der Waals surface area (Å²) in [6.07, 6.45) is 5.53. The maximum atomic E-state index is 4.50. The van der Waals surface area contributed by atoms with Crippen LogP contribution in [0.3, 0.4) is 0 Å². The van der Waals surface area contributed by atoms with E-state index < -0.39 is 0 Å². The fourth-order valence-corrected chi connectivity index (χ4v) is 2.37. The van der Waals surface area contributed by atoms with Gasteiger partial charge in [-0.2, -0.15) is 0 Å². The first kappa shape index (κ1) is 8.09. The highest BCUT2D eigenvalue weighted by molar-refractivity contribution is 5.85. The van der Waals surface area contributed by atoms with Gasteiger partial charge in [0.25, 0.3) is 0 Å². The molecule has 0 spiro atoms. The molecule has 0 bridgehead atoms. The van der Waals surface area contributed by atoms with Gasteiger partial charge in [0.05, 0.1) is 12.4 Å². The molecule has 0 aromatic carbocycles. The second kappa shape index (κ2) is 3.46. The van der Waals surface area contributed by atoms with Gasteiger partial charge in [0.1, 0.15) is 0 Å². The number of nitrogens with one attached hydrogen (secondary N) is 1. The van der Waals surface area contributed by atoms with E-state index in [0.29, 0.717) is 0 Å². The summed E-state index contributed by atoms with van der Waals surface area (Å²) < 4.78 is 0. The van der Waals surface area contributed by atoms with Crippen molar-refractivity contribution in [1.82, 2.24) is 5.32 Å². The molecule has 2 rings (SSSR count). The smallest absolute Gasteiger partial charge is 0.0995 e. The Labute approximate surface area is 74.5 Å². The Morgan fingerprint density at radius 2 is 2.33 bits per heavy atom. The van der Waals surface area contributed by atoms with Crippen LogP contribution in [-0.4, -0.2) is 18.9 Å². The Kier molecular flexibility index (Phi) is 2.33. The zero-order valence-electron chi connectivity index (χ0n) is 7.84. The van der Waals surface area contributed by atoms with E-state index in [1.807, 2.05) is 0 Å². The summed E-state index contributed by atoms with van der Waals surface area (Å²) in [6, 6.07) is 0. The van der Waals surface area contributed by atoms with Gasteiger partial charge in [-0.25, -0.2) is 0 Å². The molecule has 0 amide bonds. The van der Waals surface area contributed by atoms with E-state index in [1.165, 1.54) is 31.5 Å². The van der Waals surface area contributed by atoms with E-state index in [2.05, 4.69) is 17.2 Å². The van der Waals surface area contributed by atoms with Crippen LogP contribution < -0.4 is 5.32 Å². The minimum Gasteiger partial charge on any atom is -0.372 e. The van der Waals surface area contributed by atoms with E-state index >= 15 is 0 Å². The average Bonchev–Trinajstić information content (AvgIpc) is 2.56. The lowest BCUT2D eigenvalue weighted by molar-refractivity contribution is 0.336. The highest BCUT2D eigenvalue weighted by Crippen LogP contribution is 2.29. The van der Waals surface area contributed by atoms with Gasteiger partial charge in [0.15, 0.2) is 0 Å². The quantitative estimate of drug-likeness (QED) is 0.631. The standard InChI is InChI=1S/C10H18N2/c1-8-3-2-4-9(7-8)10-11-5-6-12-10/h8-9H,2-7H2,1H3,(H,11,12). The Hall–Kier alpha value is -0.530. The molecular weight excluding hydrogens is 148 g/mol. The van der Waals surface area contributed by atoms with Crippen molar-refractivity contribution >= 4 is 5.84 Å². The average molecular weight is 166 g/mol. The minimum absolute atomic E-state index is 0.760. The maximum absolute atomic E-state index is 4.50. The number of aliphatic imine (C=N–C) groups is 1. The summed E-state index contributed by atoms with van der Waals surface area (Å²) in [5, 5.41) is 3.40. The van der Waals surface area contributed by atoms with Gasteiger partial charge in [-0.05, 0) is 18.8 Å². The maximum Gasteiger partial charge on any atom is 0.0995 e. The zero-order chi connectivity index (χ0) is 8.39. The van der Waals surface area contributed by atoms with Gasteiger partial charge < -0.3 is 5.32 Å². The van der Waals surface area contributed by atoms with E-state index in [0.717, 1.165) is 24.9 Å². The summed E-state index contributed by atoms with van der Waals surface area (Å²) in [6.45, 7) is 4.43. The van der Waals surface area contributed by atoms with Crippen molar-refractivity contribution in [3.8, 4) is 0 Å². The zero-order valence-corrected chi connectivity index (χ0v) is 7.84. The lowest BCUT2D eigenvalue weighted by Gasteiger charge is -2.26.